The number of nitrogens with two attached hydrogens (primary N) is 1. The number of nitrogens with zero attached hydrogens (tertiary/aromatic N) is 2. The fourth-order valence-electron chi connectivity index (χ4n) is 3.23. The minimum absolute atomic E-state index is 0.162. The van der Waals surface area contributed by atoms with E-state index in [1.54, 1.807) is 0 Å². The lowest BCUT2D eigenvalue weighted by molar-refractivity contribution is 0.166. The van der Waals surface area contributed by atoms with Crippen LogP contribution in [-0.2, 0) is 0 Å². The molecule has 3 nitrogen and oxygen atoms in total. The Bertz CT molecular complexity index is 407. The SMILES string of the molecule is CCN1CCCC1CN(C)C(CN)c1ccc(F)cc1. The summed E-state index contributed by atoms with van der Waals surface area (Å²) in [6, 6.07) is 7.50. The second kappa shape index (κ2) is 7.16. The predicted molar refractivity (Wildman–Crippen MR) is 81.1 cm³/mol. The molecular formula is C16H26FN3. The lowest BCUT2D eigenvalue weighted by Gasteiger charge is -2.33. The summed E-state index contributed by atoms with van der Waals surface area (Å²) >= 11 is 0. The van der Waals surface area contributed by atoms with E-state index in [1.807, 2.05) is 12.1 Å². The van der Waals surface area contributed by atoms with Gasteiger partial charge in [-0.25, -0.2) is 4.39 Å². The van der Waals surface area contributed by atoms with Crippen LogP contribution in [0.15, 0.2) is 24.3 Å². The maximum atomic E-state index is 13.0. The van der Waals surface area contributed by atoms with Crippen LogP contribution >= 0.6 is 0 Å². The number of rotatable bonds is 6. The van der Waals surface area contributed by atoms with Crippen LogP contribution < -0.4 is 5.73 Å². The Morgan fingerprint density at radius 1 is 1.40 bits per heavy atom. The van der Waals surface area contributed by atoms with E-state index in [4.69, 9.17) is 5.73 Å². The highest BCUT2D eigenvalue weighted by molar-refractivity contribution is 5.20. The van der Waals surface area contributed by atoms with E-state index in [-0.39, 0.29) is 11.9 Å². The molecule has 2 rings (SSSR count). The summed E-state index contributed by atoms with van der Waals surface area (Å²) in [5.74, 6) is -0.194. The molecule has 1 aromatic carbocycles. The summed E-state index contributed by atoms with van der Waals surface area (Å²) in [7, 11) is 2.12. The molecule has 0 saturated carbocycles. The number of likely N-dealkylation sites (tertiary alicyclic amines) is 1. The molecule has 0 amide bonds. The number of benzene rings is 1. The van der Waals surface area contributed by atoms with Crippen molar-refractivity contribution in [2.75, 3.05) is 33.2 Å². The molecule has 0 bridgehead atoms. The van der Waals surface area contributed by atoms with Gasteiger partial charge in [0.25, 0.3) is 0 Å². The number of hydrogen-bond donors (Lipinski definition) is 1. The van der Waals surface area contributed by atoms with Gasteiger partial charge in [0.15, 0.2) is 0 Å². The molecule has 2 atom stereocenters. The van der Waals surface area contributed by atoms with E-state index in [9.17, 15) is 4.39 Å². The molecule has 1 saturated heterocycles. The maximum absolute atomic E-state index is 13.0. The Balaban J connectivity index is 2.01. The van der Waals surface area contributed by atoms with Gasteiger partial charge in [-0.2, -0.15) is 0 Å². The Labute approximate surface area is 121 Å². The molecule has 20 heavy (non-hydrogen) atoms. The van der Waals surface area contributed by atoms with Gasteiger partial charge < -0.3 is 5.73 Å². The number of halogens is 1. The summed E-state index contributed by atoms with van der Waals surface area (Å²) in [5, 5.41) is 0. The van der Waals surface area contributed by atoms with E-state index >= 15 is 0 Å². The van der Waals surface area contributed by atoms with Gasteiger partial charge in [-0.1, -0.05) is 19.1 Å². The smallest absolute Gasteiger partial charge is 0.123 e. The van der Waals surface area contributed by atoms with Gasteiger partial charge in [0.2, 0.25) is 0 Å². The van der Waals surface area contributed by atoms with Gasteiger partial charge in [0, 0.05) is 25.2 Å². The van der Waals surface area contributed by atoms with Gasteiger partial charge in [-0.05, 0) is 50.7 Å². The van der Waals surface area contributed by atoms with E-state index in [2.05, 4.69) is 23.8 Å². The van der Waals surface area contributed by atoms with Crippen LogP contribution in [0.25, 0.3) is 0 Å². The highest BCUT2D eigenvalue weighted by atomic mass is 19.1. The molecular weight excluding hydrogens is 253 g/mol. The summed E-state index contributed by atoms with van der Waals surface area (Å²) in [5.41, 5.74) is 7.03. The van der Waals surface area contributed by atoms with Crippen LogP contribution in [0.5, 0.6) is 0 Å². The molecule has 2 N–H and O–H groups in total. The first-order valence-electron chi connectivity index (χ1n) is 7.55. The second-order valence-corrected chi connectivity index (χ2v) is 5.67. The summed E-state index contributed by atoms with van der Waals surface area (Å²) in [6.07, 6.45) is 2.55. The average molecular weight is 279 g/mol. The van der Waals surface area contributed by atoms with Crippen molar-refractivity contribution in [2.45, 2.75) is 31.8 Å². The quantitative estimate of drug-likeness (QED) is 0.867. The third-order valence-corrected chi connectivity index (χ3v) is 4.41. The Hall–Kier alpha value is -0.970. The molecule has 4 heteroatoms. The van der Waals surface area contributed by atoms with Crippen molar-refractivity contribution < 1.29 is 4.39 Å². The number of likely N-dealkylation sites (N-methyl/N-ethyl adjacent to an activating group) is 2. The van der Waals surface area contributed by atoms with Crippen LogP contribution in [0.2, 0.25) is 0 Å². The molecule has 1 fully saturated rings. The fraction of sp³-hybridized carbons (Fsp3) is 0.625. The molecule has 1 aromatic rings. The van der Waals surface area contributed by atoms with E-state index in [1.165, 1.54) is 31.5 Å². The lowest BCUT2D eigenvalue weighted by Crippen LogP contribution is -2.41. The zero-order chi connectivity index (χ0) is 14.5. The van der Waals surface area contributed by atoms with Gasteiger partial charge in [0.1, 0.15) is 5.82 Å². The van der Waals surface area contributed by atoms with Crippen molar-refractivity contribution in [1.82, 2.24) is 9.80 Å². The Kier molecular flexibility index (Phi) is 5.52. The van der Waals surface area contributed by atoms with Crippen molar-refractivity contribution in [3.05, 3.63) is 35.6 Å². The normalized spacial score (nSPS) is 21.6. The first kappa shape index (κ1) is 15.4. The third kappa shape index (κ3) is 3.57. The van der Waals surface area contributed by atoms with Crippen LogP contribution in [0.4, 0.5) is 4.39 Å². The van der Waals surface area contributed by atoms with E-state index in [0.29, 0.717) is 12.6 Å². The molecule has 112 valence electrons. The van der Waals surface area contributed by atoms with Crippen molar-refractivity contribution >= 4 is 0 Å². The van der Waals surface area contributed by atoms with Crippen molar-refractivity contribution in [1.29, 1.82) is 0 Å². The van der Waals surface area contributed by atoms with Crippen LogP contribution in [0.3, 0.4) is 0 Å². The molecule has 1 aliphatic heterocycles. The summed E-state index contributed by atoms with van der Waals surface area (Å²) in [6.45, 7) is 6.12. The Morgan fingerprint density at radius 3 is 2.70 bits per heavy atom. The van der Waals surface area contributed by atoms with E-state index in [0.717, 1.165) is 18.7 Å². The maximum Gasteiger partial charge on any atom is 0.123 e. The highest BCUT2D eigenvalue weighted by Gasteiger charge is 2.26. The van der Waals surface area contributed by atoms with Crippen molar-refractivity contribution in [2.24, 2.45) is 5.73 Å². The molecule has 0 aromatic heterocycles. The van der Waals surface area contributed by atoms with E-state index < -0.39 is 0 Å². The molecule has 0 aliphatic carbocycles. The van der Waals surface area contributed by atoms with Crippen LogP contribution in [0.1, 0.15) is 31.4 Å². The van der Waals surface area contributed by atoms with Gasteiger partial charge in [-0.3, -0.25) is 9.80 Å². The summed E-state index contributed by atoms with van der Waals surface area (Å²) in [4.78, 5) is 4.85. The topological polar surface area (TPSA) is 32.5 Å². The van der Waals surface area contributed by atoms with Gasteiger partial charge in [-0.15, -0.1) is 0 Å². The molecule has 1 aliphatic rings. The predicted octanol–water partition coefficient (Wildman–Crippen LogP) is 2.24. The minimum atomic E-state index is -0.194. The van der Waals surface area contributed by atoms with Crippen LogP contribution in [0, 0.1) is 5.82 Å². The van der Waals surface area contributed by atoms with Gasteiger partial charge >= 0.3 is 0 Å². The highest BCUT2D eigenvalue weighted by Crippen LogP contribution is 2.23. The van der Waals surface area contributed by atoms with Gasteiger partial charge in [0.05, 0.1) is 0 Å². The van der Waals surface area contributed by atoms with Crippen molar-refractivity contribution in [3.8, 4) is 0 Å². The molecule has 2 unspecified atom stereocenters. The molecule has 0 spiro atoms. The first-order valence-corrected chi connectivity index (χ1v) is 7.55. The zero-order valence-electron chi connectivity index (χ0n) is 12.6. The van der Waals surface area contributed by atoms with Crippen LogP contribution in [-0.4, -0.2) is 49.1 Å². The fourth-order valence-corrected chi connectivity index (χ4v) is 3.23. The average Bonchev–Trinajstić information content (AvgIpc) is 2.89. The second-order valence-electron chi connectivity index (χ2n) is 5.67. The van der Waals surface area contributed by atoms with Crippen molar-refractivity contribution in [3.63, 3.8) is 0 Å². The monoisotopic (exact) mass is 279 g/mol. The Morgan fingerprint density at radius 2 is 2.10 bits per heavy atom. The minimum Gasteiger partial charge on any atom is -0.329 e. The number of hydrogen-bond acceptors (Lipinski definition) is 3. The summed E-state index contributed by atoms with van der Waals surface area (Å²) < 4.78 is 13.0. The zero-order valence-corrected chi connectivity index (χ0v) is 12.6. The first-order chi connectivity index (χ1) is 9.65. The standard InChI is InChI=1S/C16H26FN3/c1-3-20-10-4-5-15(20)12-19(2)16(11-18)13-6-8-14(17)9-7-13/h6-9,15-16H,3-5,10-12,18H2,1-2H3. The third-order valence-electron chi connectivity index (χ3n) is 4.41. The lowest BCUT2D eigenvalue weighted by atomic mass is 10.0. The molecule has 0 radical (unpaired) electrons. The molecule has 1 heterocycles. The largest absolute Gasteiger partial charge is 0.329 e.